The smallest absolute Gasteiger partial charge is 0.239 e. The molecule has 1 spiro atoms. The third kappa shape index (κ3) is 1.77. The first-order valence-electron chi connectivity index (χ1n) is 9.00. The van der Waals surface area contributed by atoms with E-state index in [1.165, 1.54) is 0 Å². The monoisotopic (exact) mass is 338 g/mol. The Kier molecular flexibility index (Phi) is 2.99. The van der Waals surface area contributed by atoms with E-state index in [0.717, 1.165) is 29.7 Å². The molecule has 5 rings (SSSR count). The molecule has 4 unspecified atom stereocenters. The number of para-hydroxylation sites is 1. The number of allylic oxidation sites excluding steroid dienone is 1. The molecule has 2 saturated heterocycles. The quantitative estimate of drug-likeness (QED) is 0.848. The van der Waals surface area contributed by atoms with E-state index in [-0.39, 0.29) is 35.6 Å². The molecule has 4 aliphatic heterocycles. The van der Waals surface area contributed by atoms with Gasteiger partial charge in [-0.3, -0.25) is 9.59 Å². The number of ketones is 1. The molecule has 0 aromatic heterocycles. The molecular formula is C20H22N2O3. The summed E-state index contributed by atoms with van der Waals surface area (Å²) in [6, 6.07) is 8.41. The Labute approximate surface area is 147 Å². The molecule has 1 aromatic rings. The summed E-state index contributed by atoms with van der Waals surface area (Å²) in [6.07, 6.45) is 3.24. The molecule has 2 fully saturated rings. The summed E-state index contributed by atoms with van der Waals surface area (Å²) >= 11 is 0. The molecule has 1 N–H and O–H groups in total. The van der Waals surface area contributed by atoms with Crippen LogP contribution in [0, 0.1) is 11.8 Å². The molecule has 130 valence electrons. The number of fused-ring (bicyclic) bond motifs is 7. The van der Waals surface area contributed by atoms with Gasteiger partial charge in [0.05, 0.1) is 18.3 Å². The van der Waals surface area contributed by atoms with Gasteiger partial charge in [-0.1, -0.05) is 18.2 Å². The fourth-order valence-electron chi connectivity index (χ4n) is 5.67. The van der Waals surface area contributed by atoms with Crippen LogP contribution in [0.2, 0.25) is 0 Å². The Morgan fingerprint density at radius 2 is 2.16 bits per heavy atom. The molecule has 0 aliphatic carbocycles. The van der Waals surface area contributed by atoms with Crippen molar-refractivity contribution in [3.05, 3.63) is 41.7 Å². The maximum absolute atomic E-state index is 13.3. The number of anilines is 1. The molecule has 0 radical (unpaired) electrons. The van der Waals surface area contributed by atoms with E-state index in [1.807, 2.05) is 25.2 Å². The summed E-state index contributed by atoms with van der Waals surface area (Å²) in [5.41, 5.74) is 2.44. The predicted molar refractivity (Wildman–Crippen MR) is 93.2 cm³/mol. The van der Waals surface area contributed by atoms with Crippen molar-refractivity contribution in [2.24, 2.45) is 11.8 Å². The first-order chi connectivity index (χ1) is 12.0. The highest BCUT2D eigenvalue weighted by Crippen LogP contribution is 2.55. The number of nitrogens with zero attached hydrogens (tertiary/aromatic N) is 1. The van der Waals surface area contributed by atoms with E-state index >= 15 is 0 Å². The van der Waals surface area contributed by atoms with E-state index < -0.39 is 5.41 Å². The Morgan fingerprint density at radius 1 is 1.36 bits per heavy atom. The lowest BCUT2D eigenvalue weighted by Gasteiger charge is -2.41. The summed E-state index contributed by atoms with van der Waals surface area (Å²) in [5, 5.41) is 3.71. The van der Waals surface area contributed by atoms with Crippen LogP contribution in [-0.4, -0.2) is 37.4 Å². The molecule has 2 bridgehead atoms. The minimum absolute atomic E-state index is 0.0678. The lowest BCUT2D eigenvalue weighted by atomic mass is 9.72. The second-order valence-corrected chi connectivity index (χ2v) is 7.85. The van der Waals surface area contributed by atoms with Gasteiger partial charge in [0, 0.05) is 36.3 Å². The summed E-state index contributed by atoms with van der Waals surface area (Å²) in [7, 11) is 1.87. The molecular weight excluding hydrogens is 316 g/mol. The lowest BCUT2D eigenvalue weighted by Crippen LogP contribution is -2.53. The molecule has 4 heterocycles. The van der Waals surface area contributed by atoms with Crippen LogP contribution in [0.4, 0.5) is 5.69 Å². The third-order valence-corrected chi connectivity index (χ3v) is 6.81. The second-order valence-electron chi connectivity index (χ2n) is 7.85. The fraction of sp³-hybridized carbons (Fsp3) is 0.500. The Balaban J connectivity index is 1.61. The average molecular weight is 338 g/mol. The van der Waals surface area contributed by atoms with Crippen LogP contribution < -0.4 is 10.2 Å². The van der Waals surface area contributed by atoms with Crippen molar-refractivity contribution in [1.29, 1.82) is 0 Å². The molecule has 4 aliphatic rings. The van der Waals surface area contributed by atoms with Gasteiger partial charge in [0.25, 0.3) is 0 Å². The van der Waals surface area contributed by atoms with E-state index in [0.29, 0.717) is 6.61 Å². The summed E-state index contributed by atoms with van der Waals surface area (Å²) in [4.78, 5) is 27.2. The van der Waals surface area contributed by atoms with E-state index in [9.17, 15) is 9.59 Å². The van der Waals surface area contributed by atoms with Crippen LogP contribution in [0.15, 0.2) is 36.1 Å². The highest BCUT2D eigenvalue weighted by molar-refractivity contribution is 6.08. The zero-order valence-corrected chi connectivity index (χ0v) is 14.5. The molecule has 5 nitrogen and oxygen atoms in total. The molecule has 25 heavy (non-hydrogen) atoms. The Bertz CT molecular complexity index is 817. The Morgan fingerprint density at radius 3 is 2.96 bits per heavy atom. The van der Waals surface area contributed by atoms with Crippen LogP contribution in [-0.2, 0) is 19.7 Å². The number of carbonyl (C=O) groups is 2. The van der Waals surface area contributed by atoms with Crippen molar-refractivity contribution in [2.45, 2.75) is 37.3 Å². The van der Waals surface area contributed by atoms with Crippen LogP contribution >= 0.6 is 0 Å². The molecule has 5 heteroatoms. The van der Waals surface area contributed by atoms with Gasteiger partial charge in [0.15, 0.2) is 5.78 Å². The highest BCUT2D eigenvalue weighted by Gasteiger charge is 2.63. The number of likely N-dealkylation sites (N-methyl/N-ethyl adjacent to an activating group) is 1. The normalized spacial score (nSPS) is 38.2. The van der Waals surface area contributed by atoms with Gasteiger partial charge < -0.3 is 15.0 Å². The van der Waals surface area contributed by atoms with Crippen molar-refractivity contribution >= 4 is 17.4 Å². The van der Waals surface area contributed by atoms with Crippen molar-refractivity contribution in [3.8, 4) is 0 Å². The second kappa shape index (κ2) is 4.94. The maximum Gasteiger partial charge on any atom is 0.239 e. The molecule has 1 aromatic carbocycles. The van der Waals surface area contributed by atoms with Crippen molar-refractivity contribution < 1.29 is 14.3 Å². The first kappa shape index (κ1) is 15.1. The molecule has 5 atom stereocenters. The highest BCUT2D eigenvalue weighted by atomic mass is 16.5. The zero-order valence-electron chi connectivity index (χ0n) is 14.5. The standard InChI is InChI=1S/C20H22N2O3/c1-11(23)13-9-25-10-14-12(13)7-18-20(8-16(14)21-18)15-5-3-4-6-17(15)22(2)19(20)24/h3-6,9,12,14,16,18,21H,7-8,10H2,1-2H3/t12?,14?,16?,18?,20-/m1/s1. The molecule has 0 saturated carbocycles. The van der Waals surface area contributed by atoms with Crippen molar-refractivity contribution in [2.75, 3.05) is 18.6 Å². The number of ether oxygens (including phenoxy) is 1. The number of nitrogens with one attached hydrogen (secondary N) is 1. The zero-order chi connectivity index (χ0) is 17.3. The van der Waals surface area contributed by atoms with Gasteiger partial charge in [0.2, 0.25) is 5.91 Å². The summed E-state index contributed by atoms with van der Waals surface area (Å²) < 4.78 is 5.61. The van der Waals surface area contributed by atoms with E-state index in [2.05, 4.69) is 11.4 Å². The number of rotatable bonds is 1. The number of hydrogen-bond acceptors (Lipinski definition) is 4. The van der Waals surface area contributed by atoms with Crippen LogP contribution in [0.25, 0.3) is 0 Å². The summed E-state index contributed by atoms with van der Waals surface area (Å²) in [5.74, 6) is 0.708. The number of hydrogen-bond donors (Lipinski definition) is 1. The van der Waals surface area contributed by atoms with Crippen molar-refractivity contribution in [3.63, 3.8) is 0 Å². The van der Waals surface area contributed by atoms with Gasteiger partial charge in [-0.15, -0.1) is 0 Å². The number of Topliss-reactive ketones (excluding diaryl/α,β-unsaturated/α-hetero) is 1. The minimum Gasteiger partial charge on any atom is -0.500 e. The largest absolute Gasteiger partial charge is 0.500 e. The number of piperidine rings is 1. The van der Waals surface area contributed by atoms with Gasteiger partial charge in [-0.2, -0.15) is 0 Å². The maximum atomic E-state index is 13.3. The van der Waals surface area contributed by atoms with Crippen LogP contribution in [0.5, 0.6) is 0 Å². The third-order valence-electron chi connectivity index (χ3n) is 6.81. The predicted octanol–water partition coefficient (Wildman–Crippen LogP) is 1.77. The van der Waals surface area contributed by atoms with Gasteiger partial charge in [-0.25, -0.2) is 0 Å². The molecule has 1 amide bonds. The van der Waals surface area contributed by atoms with E-state index in [1.54, 1.807) is 18.1 Å². The van der Waals surface area contributed by atoms with Gasteiger partial charge in [0.1, 0.15) is 0 Å². The number of benzene rings is 1. The number of carbonyl (C=O) groups excluding carboxylic acids is 2. The van der Waals surface area contributed by atoms with Crippen molar-refractivity contribution in [1.82, 2.24) is 5.32 Å². The lowest BCUT2D eigenvalue weighted by molar-refractivity contribution is -0.123. The van der Waals surface area contributed by atoms with Gasteiger partial charge in [-0.05, 0) is 37.3 Å². The fourth-order valence-corrected chi connectivity index (χ4v) is 5.67. The minimum atomic E-state index is -0.505. The first-order valence-corrected chi connectivity index (χ1v) is 9.00. The average Bonchev–Trinajstić information content (AvgIpc) is 3.04. The van der Waals surface area contributed by atoms with E-state index in [4.69, 9.17) is 4.74 Å². The van der Waals surface area contributed by atoms with Gasteiger partial charge >= 0.3 is 0 Å². The van der Waals surface area contributed by atoms with Crippen LogP contribution in [0.3, 0.4) is 0 Å². The SMILES string of the molecule is CC(=O)C1=COCC2C3C[C@]4(C(=O)N(C)c5ccccc54)C(CC12)N3. The van der Waals surface area contributed by atoms with Crippen LogP contribution in [0.1, 0.15) is 25.3 Å². The topological polar surface area (TPSA) is 58.6 Å². The summed E-state index contributed by atoms with van der Waals surface area (Å²) in [6.45, 7) is 2.23. The number of amides is 1. The Hall–Kier alpha value is -2.14.